The van der Waals surface area contributed by atoms with Gasteiger partial charge in [-0.25, -0.2) is 13.9 Å². The quantitative estimate of drug-likeness (QED) is 0.525. The summed E-state index contributed by atoms with van der Waals surface area (Å²) in [5, 5.41) is 4.55. The Morgan fingerprint density at radius 2 is 1.60 bits per heavy atom. The molecule has 1 amide bonds. The molecule has 0 radical (unpaired) electrons. The van der Waals surface area contributed by atoms with Crippen LogP contribution in [0.25, 0.3) is 5.69 Å². The molecule has 35 heavy (non-hydrogen) atoms. The number of hydrogen-bond donors (Lipinski definition) is 0. The molecule has 2 aliphatic rings. The van der Waals surface area contributed by atoms with E-state index < -0.39 is 12.1 Å². The molecule has 1 aliphatic carbocycles. The van der Waals surface area contributed by atoms with Gasteiger partial charge < -0.3 is 14.5 Å². The average molecular weight is 477 g/mol. The number of hydrogen-bond acceptors (Lipinski definition) is 5. The number of halogens is 1. The van der Waals surface area contributed by atoms with Crippen molar-refractivity contribution in [1.82, 2.24) is 14.7 Å². The minimum absolute atomic E-state index is 0.196. The van der Waals surface area contributed by atoms with Gasteiger partial charge >= 0.3 is 5.97 Å². The van der Waals surface area contributed by atoms with Crippen LogP contribution in [0.4, 0.5) is 10.1 Å². The molecule has 7 nitrogen and oxygen atoms in total. The number of benzene rings is 2. The molecule has 2 aromatic carbocycles. The van der Waals surface area contributed by atoms with Gasteiger partial charge in [-0.05, 0) is 69.0 Å². The number of aromatic nitrogens is 2. The van der Waals surface area contributed by atoms with Gasteiger partial charge in [0.25, 0.3) is 5.91 Å². The maximum atomic E-state index is 13.4. The van der Waals surface area contributed by atoms with Crippen molar-refractivity contribution in [2.45, 2.75) is 38.7 Å². The summed E-state index contributed by atoms with van der Waals surface area (Å²) in [6, 6.07) is 16.2. The first-order valence-electron chi connectivity index (χ1n) is 12.2. The Morgan fingerprint density at radius 1 is 0.914 bits per heavy atom. The first-order valence-corrected chi connectivity index (χ1v) is 12.2. The predicted octanol–water partition coefficient (Wildman–Crippen LogP) is 3.78. The summed E-state index contributed by atoms with van der Waals surface area (Å²) >= 11 is 0. The van der Waals surface area contributed by atoms with E-state index in [1.54, 1.807) is 28.6 Å². The zero-order valence-electron chi connectivity index (χ0n) is 19.8. The average Bonchev–Trinajstić information content (AvgIpc) is 3.29. The van der Waals surface area contributed by atoms with Gasteiger partial charge in [-0.15, -0.1) is 0 Å². The number of carbonyl (C=O) groups is 2. The van der Waals surface area contributed by atoms with Crippen LogP contribution in [0.2, 0.25) is 0 Å². The van der Waals surface area contributed by atoms with Crippen LogP contribution in [-0.4, -0.2) is 58.8 Å². The molecule has 1 saturated heterocycles. The molecule has 0 spiro atoms. The molecule has 5 rings (SSSR count). The van der Waals surface area contributed by atoms with Crippen LogP contribution < -0.4 is 4.90 Å². The number of fused-ring (bicyclic) bond motifs is 1. The number of amides is 1. The normalized spacial score (nSPS) is 16.5. The molecule has 0 unspecified atom stereocenters. The van der Waals surface area contributed by atoms with Gasteiger partial charge in [-0.3, -0.25) is 4.79 Å². The van der Waals surface area contributed by atoms with Gasteiger partial charge in [-0.1, -0.05) is 18.2 Å². The second-order valence-corrected chi connectivity index (χ2v) is 9.06. The Balaban J connectivity index is 1.26. The van der Waals surface area contributed by atoms with Crippen LogP contribution in [0, 0.1) is 5.82 Å². The highest BCUT2D eigenvalue weighted by Gasteiger charge is 2.31. The van der Waals surface area contributed by atoms with Crippen molar-refractivity contribution in [3.05, 3.63) is 77.4 Å². The highest BCUT2D eigenvalue weighted by Crippen LogP contribution is 2.28. The van der Waals surface area contributed by atoms with E-state index in [2.05, 4.69) is 22.1 Å². The lowest BCUT2D eigenvalue weighted by atomic mass is 9.95. The lowest BCUT2D eigenvalue weighted by Gasteiger charge is -2.37. The third kappa shape index (κ3) is 4.78. The molecule has 182 valence electrons. The van der Waals surface area contributed by atoms with E-state index in [-0.39, 0.29) is 17.4 Å². The zero-order chi connectivity index (χ0) is 24.4. The number of nitrogens with zero attached hydrogens (tertiary/aromatic N) is 4. The Labute approximate surface area is 204 Å². The molecule has 0 saturated carbocycles. The predicted molar refractivity (Wildman–Crippen MR) is 130 cm³/mol. The van der Waals surface area contributed by atoms with Crippen molar-refractivity contribution in [3.8, 4) is 5.69 Å². The SMILES string of the molecule is C[C@H](OC(=O)c1nn(-c2ccc(F)cc2)c2c1CCCC2)C(=O)N1CCN(c2ccccc2)CC1. The van der Waals surface area contributed by atoms with E-state index in [0.29, 0.717) is 18.8 Å². The number of ether oxygens (including phenoxy) is 1. The topological polar surface area (TPSA) is 67.7 Å². The van der Waals surface area contributed by atoms with Crippen LogP contribution >= 0.6 is 0 Å². The number of para-hydroxylation sites is 1. The van der Waals surface area contributed by atoms with Crippen molar-refractivity contribution in [2.24, 2.45) is 0 Å². The first-order chi connectivity index (χ1) is 17.0. The summed E-state index contributed by atoms with van der Waals surface area (Å²) in [6.07, 6.45) is 2.57. The minimum Gasteiger partial charge on any atom is -0.448 e. The second-order valence-electron chi connectivity index (χ2n) is 9.06. The Bertz CT molecular complexity index is 1200. The zero-order valence-corrected chi connectivity index (χ0v) is 19.8. The molecule has 1 aliphatic heterocycles. The molecule has 8 heteroatoms. The summed E-state index contributed by atoms with van der Waals surface area (Å²) in [4.78, 5) is 30.1. The standard InChI is InChI=1S/C27H29FN4O3/c1-19(26(33)31-17-15-30(16-18-31)21-7-3-2-4-8-21)35-27(34)25-23-9-5-6-10-24(23)32(29-25)22-13-11-20(28)12-14-22/h2-4,7-8,11-14,19H,5-6,9-10,15-18H2,1H3/t19-/m0/s1. The summed E-state index contributed by atoms with van der Waals surface area (Å²) in [6.45, 7) is 4.22. The van der Waals surface area contributed by atoms with Gasteiger partial charge in [0.2, 0.25) is 0 Å². The molecule has 0 N–H and O–H groups in total. The molecule has 1 atom stereocenters. The molecule has 3 aromatic rings. The van der Waals surface area contributed by atoms with Crippen molar-refractivity contribution in [3.63, 3.8) is 0 Å². The molecular formula is C27H29FN4O3. The minimum atomic E-state index is -0.902. The van der Waals surface area contributed by atoms with Crippen LogP contribution in [-0.2, 0) is 22.4 Å². The van der Waals surface area contributed by atoms with E-state index >= 15 is 0 Å². The number of rotatable bonds is 5. The largest absolute Gasteiger partial charge is 0.448 e. The lowest BCUT2D eigenvalue weighted by Crippen LogP contribution is -2.51. The van der Waals surface area contributed by atoms with Gasteiger partial charge in [-0.2, -0.15) is 5.10 Å². The highest BCUT2D eigenvalue weighted by molar-refractivity contribution is 5.92. The number of carbonyl (C=O) groups excluding carboxylic acids is 2. The summed E-state index contributed by atoms with van der Waals surface area (Å²) in [5.41, 5.74) is 3.90. The van der Waals surface area contributed by atoms with E-state index in [9.17, 15) is 14.0 Å². The van der Waals surface area contributed by atoms with Crippen LogP contribution in [0.3, 0.4) is 0 Å². The fraction of sp³-hybridized carbons (Fsp3) is 0.370. The van der Waals surface area contributed by atoms with Gasteiger partial charge in [0.1, 0.15) is 5.82 Å². The van der Waals surface area contributed by atoms with E-state index in [0.717, 1.165) is 55.7 Å². The van der Waals surface area contributed by atoms with Gasteiger partial charge in [0, 0.05) is 43.1 Å². The maximum Gasteiger partial charge on any atom is 0.359 e. The number of esters is 1. The van der Waals surface area contributed by atoms with Gasteiger partial charge in [0.05, 0.1) is 5.69 Å². The Hall–Kier alpha value is -3.68. The first kappa shape index (κ1) is 23.1. The summed E-state index contributed by atoms with van der Waals surface area (Å²) in [5.74, 6) is -1.11. The monoisotopic (exact) mass is 476 g/mol. The third-order valence-electron chi connectivity index (χ3n) is 6.79. The van der Waals surface area contributed by atoms with Crippen molar-refractivity contribution < 1.29 is 18.7 Å². The lowest BCUT2D eigenvalue weighted by molar-refractivity contribution is -0.140. The van der Waals surface area contributed by atoms with Crippen LogP contribution in [0.1, 0.15) is 41.5 Å². The fourth-order valence-electron chi connectivity index (χ4n) is 4.91. The number of anilines is 1. The molecule has 1 fully saturated rings. The van der Waals surface area contributed by atoms with E-state index in [1.165, 1.54) is 12.1 Å². The molecular weight excluding hydrogens is 447 g/mol. The molecule has 2 heterocycles. The number of piperazine rings is 1. The van der Waals surface area contributed by atoms with Crippen molar-refractivity contribution in [2.75, 3.05) is 31.1 Å². The van der Waals surface area contributed by atoms with Crippen molar-refractivity contribution in [1.29, 1.82) is 0 Å². The second kappa shape index (κ2) is 9.90. The molecule has 1 aromatic heterocycles. The van der Waals surface area contributed by atoms with Crippen molar-refractivity contribution >= 4 is 17.6 Å². The summed E-state index contributed by atoms with van der Waals surface area (Å²) < 4.78 is 20.7. The molecule has 0 bridgehead atoms. The van der Waals surface area contributed by atoms with Crippen LogP contribution in [0.5, 0.6) is 0 Å². The smallest absolute Gasteiger partial charge is 0.359 e. The van der Waals surface area contributed by atoms with E-state index in [1.807, 2.05) is 18.2 Å². The van der Waals surface area contributed by atoms with Gasteiger partial charge in [0.15, 0.2) is 11.8 Å². The summed E-state index contributed by atoms with van der Waals surface area (Å²) in [7, 11) is 0. The third-order valence-corrected chi connectivity index (χ3v) is 6.79. The highest BCUT2D eigenvalue weighted by atomic mass is 19.1. The Kier molecular flexibility index (Phi) is 6.53. The Morgan fingerprint density at radius 3 is 2.31 bits per heavy atom. The van der Waals surface area contributed by atoms with E-state index in [4.69, 9.17) is 4.74 Å². The fourth-order valence-corrected chi connectivity index (χ4v) is 4.91. The van der Waals surface area contributed by atoms with Crippen LogP contribution in [0.15, 0.2) is 54.6 Å². The maximum absolute atomic E-state index is 13.4.